The van der Waals surface area contributed by atoms with Crippen LogP contribution >= 0.6 is 0 Å². The lowest BCUT2D eigenvalue weighted by atomic mass is 10.0. The second-order valence-electron chi connectivity index (χ2n) is 7.17. The van der Waals surface area contributed by atoms with E-state index in [0.717, 1.165) is 6.07 Å². The summed E-state index contributed by atoms with van der Waals surface area (Å²) < 4.78 is 39.5. The van der Waals surface area contributed by atoms with Crippen molar-refractivity contribution in [2.75, 3.05) is 31.1 Å². The lowest BCUT2D eigenvalue weighted by Crippen LogP contribution is -2.50. The van der Waals surface area contributed by atoms with E-state index in [1.807, 2.05) is 4.90 Å². The molecule has 0 saturated carbocycles. The summed E-state index contributed by atoms with van der Waals surface area (Å²) in [6, 6.07) is 5.08. The summed E-state index contributed by atoms with van der Waals surface area (Å²) in [6.07, 6.45) is -4.84. The maximum Gasteiger partial charge on any atom is 0.416 e. The molecule has 10 heteroatoms. The number of piperazine rings is 1. The number of anilines is 1. The summed E-state index contributed by atoms with van der Waals surface area (Å²) in [6.45, 7) is 4.79. The third kappa shape index (κ3) is 4.37. The zero-order chi connectivity index (χ0) is 22.1. The van der Waals surface area contributed by atoms with Crippen molar-refractivity contribution in [2.45, 2.75) is 26.4 Å². The lowest BCUT2D eigenvalue weighted by molar-refractivity contribution is -0.138. The maximum absolute atomic E-state index is 13.2. The van der Waals surface area contributed by atoms with Crippen LogP contribution in [0, 0.1) is 13.8 Å². The Balaban J connectivity index is 1.71. The number of aryl methyl sites for hydroxylation is 1. The van der Waals surface area contributed by atoms with E-state index in [1.54, 1.807) is 13.8 Å². The molecule has 0 atom stereocenters. The number of primary amides is 1. The number of hydrogen-bond donors (Lipinski definition) is 1. The molecule has 1 aliphatic rings. The monoisotopic (exact) mass is 421 g/mol. The first kappa shape index (κ1) is 21.5. The molecule has 2 amide bonds. The van der Waals surface area contributed by atoms with Crippen LogP contribution in [0.3, 0.4) is 0 Å². The Labute approximate surface area is 171 Å². The SMILES string of the molecule is Cc1nnc(N2CCN(C(=O)Cc3ccccc3C(F)(F)F)CC2)c(C(N)=O)c1C. The topological polar surface area (TPSA) is 92.4 Å². The average molecular weight is 421 g/mol. The van der Waals surface area contributed by atoms with Gasteiger partial charge < -0.3 is 15.5 Å². The molecule has 0 aliphatic carbocycles. The summed E-state index contributed by atoms with van der Waals surface area (Å²) in [7, 11) is 0. The van der Waals surface area contributed by atoms with Gasteiger partial charge in [0.05, 0.1) is 23.2 Å². The van der Waals surface area contributed by atoms with Gasteiger partial charge >= 0.3 is 6.18 Å². The molecular formula is C20H22F3N5O2. The van der Waals surface area contributed by atoms with Crippen molar-refractivity contribution in [2.24, 2.45) is 5.73 Å². The quantitative estimate of drug-likeness (QED) is 0.816. The summed E-state index contributed by atoms with van der Waals surface area (Å²) in [5.41, 5.74) is 6.21. The van der Waals surface area contributed by atoms with E-state index in [4.69, 9.17) is 5.73 Å². The van der Waals surface area contributed by atoms with Gasteiger partial charge in [-0.3, -0.25) is 9.59 Å². The van der Waals surface area contributed by atoms with Gasteiger partial charge in [0, 0.05) is 26.2 Å². The third-order valence-corrected chi connectivity index (χ3v) is 5.28. The Bertz CT molecular complexity index is 969. The number of carbonyl (C=O) groups excluding carboxylic acids is 2. The molecule has 2 N–H and O–H groups in total. The molecule has 2 aromatic rings. The smallest absolute Gasteiger partial charge is 0.365 e. The maximum atomic E-state index is 13.2. The Morgan fingerprint density at radius 2 is 1.70 bits per heavy atom. The minimum absolute atomic E-state index is 0.0477. The van der Waals surface area contributed by atoms with Gasteiger partial charge in [0.15, 0.2) is 5.82 Å². The van der Waals surface area contributed by atoms with Crippen LogP contribution in [0.15, 0.2) is 24.3 Å². The molecule has 0 radical (unpaired) electrons. The number of carbonyl (C=O) groups is 2. The van der Waals surface area contributed by atoms with Crippen LogP contribution in [0.4, 0.5) is 19.0 Å². The zero-order valence-corrected chi connectivity index (χ0v) is 16.7. The minimum Gasteiger partial charge on any atom is -0.365 e. The predicted octanol–water partition coefficient (Wildman–Crippen LogP) is 2.10. The van der Waals surface area contributed by atoms with Gasteiger partial charge in [-0.1, -0.05) is 18.2 Å². The number of nitrogens with two attached hydrogens (primary N) is 1. The normalized spacial score (nSPS) is 14.7. The van der Waals surface area contributed by atoms with E-state index in [1.165, 1.54) is 23.1 Å². The number of alkyl halides is 3. The van der Waals surface area contributed by atoms with E-state index >= 15 is 0 Å². The first-order valence-corrected chi connectivity index (χ1v) is 9.41. The highest BCUT2D eigenvalue weighted by atomic mass is 19.4. The highest BCUT2D eigenvalue weighted by Gasteiger charge is 2.34. The largest absolute Gasteiger partial charge is 0.416 e. The van der Waals surface area contributed by atoms with Crippen molar-refractivity contribution >= 4 is 17.6 Å². The summed E-state index contributed by atoms with van der Waals surface area (Å²) in [4.78, 5) is 27.8. The van der Waals surface area contributed by atoms with Crippen molar-refractivity contribution in [3.8, 4) is 0 Å². The van der Waals surface area contributed by atoms with Crippen LogP contribution < -0.4 is 10.6 Å². The average Bonchev–Trinajstić information content (AvgIpc) is 2.69. The fraction of sp³-hybridized carbons (Fsp3) is 0.400. The molecule has 1 aliphatic heterocycles. The second kappa shape index (κ2) is 8.29. The van der Waals surface area contributed by atoms with Gasteiger partial charge in [-0.05, 0) is 31.0 Å². The summed E-state index contributed by atoms with van der Waals surface area (Å²) >= 11 is 0. The highest BCUT2D eigenvalue weighted by molar-refractivity contribution is 5.99. The zero-order valence-electron chi connectivity index (χ0n) is 16.7. The molecule has 0 spiro atoms. The summed E-state index contributed by atoms with van der Waals surface area (Å²) in [5, 5.41) is 8.16. The number of aromatic nitrogens is 2. The van der Waals surface area contributed by atoms with Gasteiger partial charge in [0.25, 0.3) is 5.91 Å². The van der Waals surface area contributed by atoms with Crippen LogP contribution in [0.5, 0.6) is 0 Å². The van der Waals surface area contributed by atoms with Gasteiger partial charge in [0.2, 0.25) is 5.91 Å². The van der Waals surface area contributed by atoms with Crippen molar-refractivity contribution in [3.63, 3.8) is 0 Å². The number of hydrogen-bond acceptors (Lipinski definition) is 5. The summed E-state index contributed by atoms with van der Waals surface area (Å²) in [5.74, 6) is -0.629. The van der Waals surface area contributed by atoms with E-state index < -0.39 is 17.6 Å². The molecule has 2 heterocycles. The van der Waals surface area contributed by atoms with Crippen molar-refractivity contribution in [1.29, 1.82) is 0 Å². The Hall–Kier alpha value is -3.17. The van der Waals surface area contributed by atoms with E-state index in [9.17, 15) is 22.8 Å². The number of nitrogens with zero attached hydrogens (tertiary/aromatic N) is 4. The van der Waals surface area contributed by atoms with Crippen molar-refractivity contribution in [3.05, 3.63) is 52.2 Å². The molecule has 7 nitrogen and oxygen atoms in total. The minimum atomic E-state index is -4.51. The molecule has 0 unspecified atom stereocenters. The molecule has 160 valence electrons. The number of amides is 2. The highest BCUT2D eigenvalue weighted by Crippen LogP contribution is 2.32. The second-order valence-corrected chi connectivity index (χ2v) is 7.17. The molecule has 30 heavy (non-hydrogen) atoms. The molecule has 3 rings (SSSR count). The fourth-order valence-electron chi connectivity index (χ4n) is 3.51. The Morgan fingerprint density at radius 1 is 1.07 bits per heavy atom. The molecule has 0 bridgehead atoms. The lowest BCUT2D eigenvalue weighted by Gasteiger charge is -2.36. The van der Waals surface area contributed by atoms with E-state index in [0.29, 0.717) is 48.8 Å². The third-order valence-electron chi connectivity index (χ3n) is 5.28. The van der Waals surface area contributed by atoms with Gasteiger partial charge in [0.1, 0.15) is 0 Å². The Kier molecular flexibility index (Phi) is 5.95. The van der Waals surface area contributed by atoms with Crippen molar-refractivity contribution in [1.82, 2.24) is 15.1 Å². The first-order chi connectivity index (χ1) is 14.1. The first-order valence-electron chi connectivity index (χ1n) is 9.41. The fourth-order valence-corrected chi connectivity index (χ4v) is 3.51. The van der Waals surface area contributed by atoms with Crippen LogP contribution in [-0.4, -0.2) is 53.1 Å². The molecule has 1 aromatic heterocycles. The molecule has 1 saturated heterocycles. The van der Waals surface area contributed by atoms with Crippen LogP contribution in [-0.2, 0) is 17.4 Å². The predicted molar refractivity (Wildman–Crippen MR) is 104 cm³/mol. The molecular weight excluding hydrogens is 399 g/mol. The van der Waals surface area contributed by atoms with Crippen LogP contribution in [0.25, 0.3) is 0 Å². The molecule has 1 aromatic carbocycles. The van der Waals surface area contributed by atoms with E-state index in [-0.39, 0.29) is 17.9 Å². The van der Waals surface area contributed by atoms with Gasteiger partial charge in [-0.15, -0.1) is 5.10 Å². The molecule has 1 fully saturated rings. The number of rotatable bonds is 4. The standard InChI is InChI=1S/C20H22F3N5O2/c1-12-13(2)25-26-19(17(12)18(24)30)28-9-7-27(8-10-28)16(29)11-14-5-3-4-6-15(14)20(21,22)23/h3-6H,7-11H2,1-2H3,(H2,24,30). The number of halogens is 3. The van der Waals surface area contributed by atoms with Gasteiger partial charge in [-0.2, -0.15) is 18.3 Å². The van der Waals surface area contributed by atoms with Crippen molar-refractivity contribution < 1.29 is 22.8 Å². The van der Waals surface area contributed by atoms with Gasteiger partial charge in [-0.25, -0.2) is 0 Å². The van der Waals surface area contributed by atoms with Crippen LogP contribution in [0.2, 0.25) is 0 Å². The number of benzene rings is 1. The Morgan fingerprint density at radius 3 is 2.30 bits per heavy atom. The van der Waals surface area contributed by atoms with E-state index in [2.05, 4.69) is 10.2 Å². The van der Waals surface area contributed by atoms with Crippen LogP contribution in [0.1, 0.15) is 32.7 Å².